The van der Waals surface area contributed by atoms with Crippen molar-refractivity contribution in [1.29, 1.82) is 0 Å². The van der Waals surface area contributed by atoms with Crippen molar-refractivity contribution in [3.8, 4) is 0 Å². The molecule has 0 aromatic carbocycles. The van der Waals surface area contributed by atoms with Gasteiger partial charge in [0.15, 0.2) is 11.7 Å². The summed E-state index contributed by atoms with van der Waals surface area (Å²) in [4.78, 5) is 0. The molecule has 0 spiro atoms. The molecule has 0 bridgehead atoms. The fourth-order valence-electron chi connectivity index (χ4n) is 0.495. The van der Waals surface area contributed by atoms with E-state index in [9.17, 15) is 17.2 Å². The van der Waals surface area contributed by atoms with Crippen LogP contribution in [0.2, 0.25) is 0 Å². The smallest absolute Gasteiger partial charge is 0.262 e. The van der Waals surface area contributed by atoms with Crippen LogP contribution in [0.4, 0.5) is 8.78 Å². The van der Waals surface area contributed by atoms with Gasteiger partial charge in [-0.15, -0.1) is 0 Å². The van der Waals surface area contributed by atoms with Crippen LogP contribution in [0.15, 0.2) is 11.7 Å². The molecule has 0 N–H and O–H groups in total. The van der Waals surface area contributed by atoms with Crippen LogP contribution in [0, 0.1) is 0 Å². The fourth-order valence-corrected chi connectivity index (χ4v) is 1.33. The van der Waals surface area contributed by atoms with E-state index in [1.807, 2.05) is 0 Å². The lowest BCUT2D eigenvalue weighted by Gasteiger charge is -2.08. The molecule has 6 heteroatoms. The molecule has 0 fully saturated rings. The first-order chi connectivity index (χ1) is 4.51. The Balaban J connectivity index is 2.93. The van der Waals surface area contributed by atoms with Gasteiger partial charge in [-0.2, -0.15) is 8.42 Å². The van der Waals surface area contributed by atoms with Gasteiger partial charge in [0.2, 0.25) is 0 Å². The van der Waals surface area contributed by atoms with Crippen molar-refractivity contribution in [1.82, 2.24) is 0 Å². The van der Waals surface area contributed by atoms with Crippen LogP contribution in [-0.4, -0.2) is 20.8 Å². The van der Waals surface area contributed by atoms with Crippen molar-refractivity contribution in [2.45, 2.75) is 0 Å². The van der Waals surface area contributed by atoms with Gasteiger partial charge in [0.1, 0.15) is 12.4 Å². The van der Waals surface area contributed by atoms with Crippen molar-refractivity contribution < 1.29 is 21.4 Å². The Morgan fingerprint density at radius 2 is 1.90 bits per heavy atom. The average Bonchev–Trinajstić information content (AvgIpc) is 1.79. The number of rotatable bonds is 0. The maximum atomic E-state index is 12.1. The first-order valence-electron chi connectivity index (χ1n) is 2.41. The van der Waals surface area contributed by atoms with Crippen LogP contribution >= 0.6 is 0 Å². The van der Waals surface area contributed by atoms with E-state index in [0.717, 1.165) is 0 Å². The second-order valence-corrected chi connectivity index (χ2v) is 3.41. The van der Waals surface area contributed by atoms with Gasteiger partial charge in [-0.05, 0) is 0 Å². The summed E-state index contributed by atoms with van der Waals surface area (Å²) in [7, 11) is -3.84. The molecule has 1 aliphatic heterocycles. The zero-order valence-corrected chi connectivity index (χ0v) is 5.62. The Hall–Kier alpha value is -0.490. The maximum Gasteiger partial charge on any atom is 0.274 e. The zero-order chi connectivity index (χ0) is 7.78. The van der Waals surface area contributed by atoms with Gasteiger partial charge in [0, 0.05) is 0 Å². The molecular weight excluding hydrogens is 166 g/mol. The van der Waals surface area contributed by atoms with E-state index in [1.54, 1.807) is 0 Å². The fraction of sp³-hybridized carbons (Fsp3) is 0.500. The van der Waals surface area contributed by atoms with Gasteiger partial charge in [-0.25, -0.2) is 8.78 Å². The highest BCUT2D eigenvalue weighted by atomic mass is 32.2. The minimum atomic E-state index is -3.84. The molecule has 1 aliphatic rings. The van der Waals surface area contributed by atoms with E-state index in [4.69, 9.17) is 0 Å². The highest BCUT2D eigenvalue weighted by molar-refractivity contribution is 7.86. The Morgan fingerprint density at radius 1 is 1.30 bits per heavy atom. The van der Waals surface area contributed by atoms with Gasteiger partial charge in [0.25, 0.3) is 10.1 Å². The summed E-state index contributed by atoms with van der Waals surface area (Å²) in [5, 5.41) is 0. The molecule has 0 aromatic heterocycles. The Bertz CT molecular complexity index is 266. The van der Waals surface area contributed by atoms with Gasteiger partial charge >= 0.3 is 0 Å². The molecule has 1 rings (SSSR count). The summed E-state index contributed by atoms with van der Waals surface area (Å²) >= 11 is 0. The standard InChI is InChI=1S/C4H4F2O3S/c5-3-1-9-10(7,8)2-4(3)6/h1-2H2. The van der Waals surface area contributed by atoms with Crippen LogP contribution in [0.5, 0.6) is 0 Å². The first kappa shape index (κ1) is 7.62. The minimum absolute atomic E-state index is 0.811. The molecule has 0 amide bonds. The molecule has 0 aromatic rings. The first-order valence-corrected chi connectivity index (χ1v) is 3.99. The van der Waals surface area contributed by atoms with Crippen molar-refractivity contribution in [3.63, 3.8) is 0 Å². The van der Waals surface area contributed by atoms with Crippen LogP contribution in [-0.2, 0) is 14.3 Å². The molecule has 58 valence electrons. The van der Waals surface area contributed by atoms with E-state index in [1.165, 1.54) is 0 Å². The molecule has 0 radical (unpaired) electrons. The van der Waals surface area contributed by atoms with Crippen LogP contribution < -0.4 is 0 Å². The van der Waals surface area contributed by atoms with E-state index in [-0.39, 0.29) is 0 Å². The molecule has 1 heterocycles. The average molecular weight is 170 g/mol. The number of hydrogen-bond acceptors (Lipinski definition) is 3. The lowest BCUT2D eigenvalue weighted by atomic mass is 10.5. The highest BCUT2D eigenvalue weighted by Gasteiger charge is 2.24. The Kier molecular flexibility index (Phi) is 1.74. The molecule has 10 heavy (non-hydrogen) atoms. The summed E-state index contributed by atoms with van der Waals surface area (Å²) in [5.74, 6) is -3.39. The molecular formula is C4H4F2O3S. The summed E-state index contributed by atoms with van der Waals surface area (Å²) < 4.78 is 48.8. The third kappa shape index (κ3) is 1.51. The quantitative estimate of drug-likeness (QED) is 0.497. The third-order valence-corrected chi connectivity index (χ3v) is 2.05. The Labute approximate surface area is 56.4 Å². The van der Waals surface area contributed by atoms with Gasteiger partial charge < -0.3 is 0 Å². The second kappa shape index (κ2) is 2.28. The second-order valence-electron chi connectivity index (χ2n) is 1.77. The van der Waals surface area contributed by atoms with E-state index < -0.39 is 34.1 Å². The molecule has 0 unspecified atom stereocenters. The summed E-state index contributed by atoms with van der Waals surface area (Å²) in [6, 6.07) is 0. The maximum absolute atomic E-state index is 12.1. The number of hydrogen-bond donors (Lipinski definition) is 0. The van der Waals surface area contributed by atoms with E-state index >= 15 is 0 Å². The highest BCUT2D eigenvalue weighted by Crippen LogP contribution is 2.18. The van der Waals surface area contributed by atoms with Crippen molar-refractivity contribution in [2.75, 3.05) is 12.4 Å². The molecule has 0 saturated carbocycles. The topological polar surface area (TPSA) is 43.4 Å². The Morgan fingerprint density at radius 3 is 2.30 bits per heavy atom. The van der Waals surface area contributed by atoms with Crippen LogP contribution in [0.25, 0.3) is 0 Å². The zero-order valence-electron chi connectivity index (χ0n) is 4.80. The summed E-state index contributed by atoms with van der Waals surface area (Å²) in [5.41, 5.74) is 0. The van der Waals surface area contributed by atoms with Gasteiger partial charge in [-0.1, -0.05) is 0 Å². The minimum Gasteiger partial charge on any atom is -0.262 e. The largest absolute Gasteiger partial charge is 0.274 e. The lowest BCUT2D eigenvalue weighted by Crippen LogP contribution is -2.18. The van der Waals surface area contributed by atoms with Crippen molar-refractivity contribution >= 4 is 10.1 Å². The van der Waals surface area contributed by atoms with Gasteiger partial charge in [-0.3, -0.25) is 4.18 Å². The summed E-state index contributed by atoms with van der Waals surface area (Å²) in [6.07, 6.45) is 0. The van der Waals surface area contributed by atoms with Gasteiger partial charge in [0.05, 0.1) is 0 Å². The third-order valence-electron chi connectivity index (χ3n) is 0.963. The predicted octanol–water partition coefficient (Wildman–Crippen LogP) is 0.497. The summed E-state index contributed by atoms with van der Waals surface area (Å²) in [6.45, 7) is -0.811. The molecule has 0 atom stereocenters. The van der Waals surface area contributed by atoms with Crippen LogP contribution in [0.3, 0.4) is 0 Å². The van der Waals surface area contributed by atoms with E-state index in [2.05, 4.69) is 4.18 Å². The molecule has 0 aliphatic carbocycles. The number of halogens is 2. The predicted molar refractivity (Wildman–Crippen MR) is 29.0 cm³/mol. The molecule has 3 nitrogen and oxygen atoms in total. The van der Waals surface area contributed by atoms with Crippen molar-refractivity contribution in [3.05, 3.63) is 11.7 Å². The van der Waals surface area contributed by atoms with Crippen molar-refractivity contribution in [2.24, 2.45) is 0 Å². The van der Waals surface area contributed by atoms with E-state index in [0.29, 0.717) is 0 Å². The van der Waals surface area contributed by atoms with Crippen LogP contribution in [0.1, 0.15) is 0 Å². The molecule has 0 saturated heterocycles. The normalized spacial score (nSPS) is 25.0. The monoisotopic (exact) mass is 170 g/mol. The lowest BCUT2D eigenvalue weighted by molar-refractivity contribution is 0.297. The SMILES string of the molecule is O=S1(=O)CC(F)=C(F)CO1.